The number of rotatable bonds is 3. The van der Waals surface area contributed by atoms with Gasteiger partial charge in [0.25, 0.3) is 5.56 Å². The number of hydrogen-bond acceptors (Lipinski definition) is 3. The van der Waals surface area contributed by atoms with E-state index in [1.165, 1.54) is 24.3 Å². The topological polar surface area (TPSA) is 64.0 Å². The van der Waals surface area contributed by atoms with Crippen molar-refractivity contribution in [2.75, 3.05) is 5.32 Å². The van der Waals surface area contributed by atoms with Crippen LogP contribution < -0.4 is 10.9 Å². The number of carbonyl (C=O) groups is 1. The third-order valence-corrected chi connectivity index (χ3v) is 3.77. The van der Waals surface area contributed by atoms with Gasteiger partial charge in [-0.25, -0.2) is 4.98 Å². The number of benzene rings is 2. The molecule has 0 radical (unpaired) electrons. The first-order valence-electron chi connectivity index (χ1n) is 7.38. The van der Waals surface area contributed by atoms with Crippen LogP contribution in [0.3, 0.4) is 0 Å². The average Bonchev–Trinajstić information content (AvgIpc) is 2.56. The Hall–Kier alpha value is -2.87. The third-order valence-electron chi connectivity index (χ3n) is 3.53. The maximum Gasteiger partial charge on any atom is 0.438 e. The number of alkyl halides is 3. The van der Waals surface area contributed by atoms with Crippen molar-refractivity contribution in [3.05, 3.63) is 69.6 Å². The molecule has 9 heteroatoms. The van der Waals surface area contributed by atoms with Gasteiger partial charge in [0.1, 0.15) is 6.54 Å². The molecule has 3 aromatic rings. The second kappa shape index (κ2) is 6.80. The highest BCUT2D eigenvalue weighted by atomic mass is 35.5. The first-order chi connectivity index (χ1) is 12.3. The standard InChI is InChI=1S/C17H11ClF3N3O2/c18-10-4-3-5-11(8-10)22-14(25)9-24-13-7-2-1-6-12(13)23-15(16(24)26)17(19,20)21/h1-8H,9H2,(H,22,25). The molecule has 0 saturated heterocycles. The van der Waals surface area contributed by atoms with Gasteiger partial charge < -0.3 is 5.32 Å². The minimum absolute atomic E-state index is 0.0324. The van der Waals surface area contributed by atoms with Crippen molar-refractivity contribution in [2.24, 2.45) is 0 Å². The van der Waals surface area contributed by atoms with Crippen molar-refractivity contribution in [1.82, 2.24) is 9.55 Å². The molecule has 1 heterocycles. The number of para-hydroxylation sites is 2. The summed E-state index contributed by atoms with van der Waals surface area (Å²) in [5, 5.41) is 2.88. The summed E-state index contributed by atoms with van der Waals surface area (Å²) in [6.07, 6.45) is -4.92. The molecule has 5 nitrogen and oxygen atoms in total. The van der Waals surface area contributed by atoms with Crippen molar-refractivity contribution in [1.29, 1.82) is 0 Å². The minimum atomic E-state index is -4.92. The van der Waals surface area contributed by atoms with E-state index in [0.717, 1.165) is 4.57 Å². The molecule has 1 N–H and O–H groups in total. The van der Waals surface area contributed by atoms with Gasteiger partial charge >= 0.3 is 6.18 Å². The Labute approximate surface area is 150 Å². The van der Waals surface area contributed by atoms with E-state index < -0.39 is 29.9 Å². The predicted octanol–water partition coefficient (Wildman–Crippen LogP) is 3.71. The monoisotopic (exact) mass is 381 g/mol. The number of nitrogens with one attached hydrogen (secondary N) is 1. The fraction of sp³-hybridized carbons (Fsp3) is 0.118. The Balaban J connectivity index is 2.02. The van der Waals surface area contributed by atoms with E-state index in [-0.39, 0.29) is 11.0 Å². The molecular weight excluding hydrogens is 371 g/mol. The van der Waals surface area contributed by atoms with Gasteiger partial charge in [0.05, 0.1) is 11.0 Å². The number of anilines is 1. The fourth-order valence-corrected chi connectivity index (χ4v) is 2.63. The number of nitrogens with zero attached hydrogens (tertiary/aromatic N) is 2. The number of aromatic nitrogens is 2. The Morgan fingerprint density at radius 3 is 2.58 bits per heavy atom. The molecule has 0 saturated carbocycles. The van der Waals surface area contributed by atoms with Crippen LogP contribution >= 0.6 is 11.6 Å². The summed E-state index contributed by atoms with van der Waals surface area (Å²) in [7, 11) is 0. The molecule has 0 aliphatic heterocycles. The molecule has 26 heavy (non-hydrogen) atoms. The van der Waals surface area contributed by atoms with Crippen molar-refractivity contribution in [3.8, 4) is 0 Å². The lowest BCUT2D eigenvalue weighted by molar-refractivity contribution is -0.142. The van der Waals surface area contributed by atoms with E-state index in [9.17, 15) is 22.8 Å². The predicted molar refractivity (Wildman–Crippen MR) is 91.1 cm³/mol. The third kappa shape index (κ3) is 3.70. The van der Waals surface area contributed by atoms with Crippen LogP contribution in [0.1, 0.15) is 5.69 Å². The van der Waals surface area contributed by atoms with E-state index in [1.54, 1.807) is 24.3 Å². The molecular formula is C17H11ClF3N3O2. The SMILES string of the molecule is O=C(Cn1c(=O)c(C(F)(F)F)nc2ccccc21)Nc1cccc(Cl)c1. The molecule has 0 bridgehead atoms. The summed E-state index contributed by atoms with van der Waals surface area (Å²) in [6.45, 7) is -0.600. The van der Waals surface area contributed by atoms with E-state index >= 15 is 0 Å². The second-order valence-electron chi connectivity index (χ2n) is 5.40. The van der Waals surface area contributed by atoms with Gasteiger partial charge in [-0.1, -0.05) is 29.8 Å². The van der Waals surface area contributed by atoms with Crippen LogP contribution in [-0.2, 0) is 17.5 Å². The molecule has 0 atom stereocenters. The lowest BCUT2D eigenvalue weighted by Gasteiger charge is -2.13. The molecule has 0 spiro atoms. The highest BCUT2D eigenvalue weighted by molar-refractivity contribution is 6.30. The zero-order chi connectivity index (χ0) is 18.9. The van der Waals surface area contributed by atoms with Crippen LogP contribution in [0.25, 0.3) is 11.0 Å². The van der Waals surface area contributed by atoms with Gasteiger partial charge in [0.15, 0.2) is 0 Å². The Bertz CT molecular complexity index is 1050. The van der Waals surface area contributed by atoms with Crippen molar-refractivity contribution >= 4 is 34.2 Å². The van der Waals surface area contributed by atoms with Crippen LogP contribution in [0.15, 0.2) is 53.3 Å². The highest BCUT2D eigenvalue weighted by Gasteiger charge is 2.37. The Morgan fingerprint density at radius 1 is 1.15 bits per heavy atom. The Kier molecular flexibility index (Phi) is 4.69. The summed E-state index contributed by atoms with van der Waals surface area (Å²) in [4.78, 5) is 27.9. The van der Waals surface area contributed by atoms with E-state index in [4.69, 9.17) is 11.6 Å². The van der Waals surface area contributed by atoms with E-state index in [1.807, 2.05) is 0 Å². The zero-order valence-electron chi connectivity index (χ0n) is 13.0. The van der Waals surface area contributed by atoms with Crippen molar-refractivity contribution in [2.45, 2.75) is 12.7 Å². The van der Waals surface area contributed by atoms with Crippen LogP contribution in [0, 0.1) is 0 Å². The molecule has 1 aromatic heterocycles. The smallest absolute Gasteiger partial charge is 0.324 e. The summed E-state index contributed by atoms with van der Waals surface area (Å²) >= 11 is 5.82. The number of hydrogen-bond donors (Lipinski definition) is 1. The highest BCUT2D eigenvalue weighted by Crippen LogP contribution is 2.26. The summed E-state index contributed by atoms with van der Waals surface area (Å²) in [5.74, 6) is -0.668. The van der Waals surface area contributed by atoms with Crippen molar-refractivity contribution in [3.63, 3.8) is 0 Å². The van der Waals surface area contributed by atoms with Crippen LogP contribution in [0.4, 0.5) is 18.9 Å². The molecule has 0 aliphatic rings. The summed E-state index contributed by atoms with van der Waals surface area (Å²) in [5.41, 5.74) is -2.48. The molecule has 0 fully saturated rings. The first kappa shape index (κ1) is 17.9. The molecule has 134 valence electrons. The second-order valence-corrected chi connectivity index (χ2v) is 5.83. The van der Waals surface area contributed by atoms with Gasteiger partial charge in [-0.3, -0.25) is 14.2 Å². The first-order valence-corrected chi connectivity index (χ1v) is 7.76. The van der Waals surface area contributed by atoms with Gasteiger partial charge in [-0.05, 0) is 30.3 Å². The van der Waals surface area contributed by atoms with Gasteiger partial charge in [-0.15, -0.1) is 0 Å². The largest absolute Gasteiger partial charge is 0.438 e. The van der Waals surface area contributed by atoms with Crippen molar-refractivity contribution < 1.29 is 18.0 Å². The van der Waals surface area contributed by atoms with Gasteiger partial charge in [-0.2, -0.15) is 13.2 Å². The number of carbonyl (C=O) groups excluding carboxylic acids is 1. The molecule has 1 amide bonds. The number of fused-ring (bicyclic) bond motifs is 1. The Morgan fingerprint density at radius 2 is 1.88 bits per heavy atom. The lowest BCUT2D eigenvalue weighted by Crippen LogP contribution is -2.34. The van der Waals surface area contributed by atoms with Crippen LogP contribution in [-0.4, -0.2) is 15.5 Å². The average molecular weight is 382 g/mol. The molecule has 2 aromatic carbocycles. The number of amides is 1. The van der Waals surface area contributed by atoms with E-state index in [0.29, 0.717) is 10.7 Å². The molecule has 0 unspecified atom stereocenters. The normalized spacial score (nSPS) is 11.5. The summed E-state index contributed by atoms with van der Waals surface area (Å²) < 4.78 is 40.0. The number of halogens is 4. The lowest BCUT2D eigenvalue weighted by atomic mass is 10.2. The fourth-order valence-electron chi connectivity index (χ4n) is 2.44. The van der Waals surface area contributed by atoms with E-state index in [2.05, 4.69) is 10.3 Å². The summed E-state index contributed by atoms with van der Waals surface area (Å²) in [6, 6.07) is 12.1. The van der Waals surface area contributed by atoms with Crippen LogP contribution in [0.5, 0.6) is 0 Å². The van der Waals surface area contributed by atoms with Gasteiger partial charge in [0.2, 0.25) is 11.6 Å². The maximum absolute atomic E-state index is 13.1. The minimum Gasteiger partial charge on any atom is -0.324 e. The molecule has 3 rings (SSSR count). The maximum atomic E-state index is 13.1. The quantitative estimate of drug-likeness (QED) is 0.752. The van der Waals surface area contributed by atoms with Gasteiger partial charge in [0, 0.05) is 10.7 Å². The zero-order valence-corrected chi connectivity index (χ0v) is 13.8. The molecule has 0 aliphatic carbocycles. The van der Waals surface area contributed by atoms with Crippen LogP contribution in [0.2, 0.25) is 5.02 Å².